The Morgan fingerprint density at radius 3 is 2.04 bits per heavy atom. The van der Waals surface area contributed by atoms with Crippen LogP contribution in [0.25, 0.3) is 0 Å². The molecule has 0 spiro atoms. The highest BCUT2D eigenvalue weighted by atomic mass is 32.2. The Labute approximate surface area is 138 Å². The zero-order chi connectivity index (χ0) is 16.9. The lowest BCUT2D eigenvalue weighted by molar-refractivity contribution is 0.103. The van der Waals surface area contributed by atoms with Crippen molar-refractivity contribution in [1.82, 2.24) is 4.72 Å². The third-order valence-electron chi connectivity index (χ3n) is 4.33. The summed E-state index contributed by atoms with van der Waals surface area (Å²) >= 11 is 0. The van der Waals surface area contributed by atoms with Crippen LogP contribution < -0.4 is 4.72 Å². The predicted octanol–water partition coefficient (Wildman–Crippen LogP) is 3.11. The first-order chi connectivity index (χ1) is 10.9. The first-order valence-corrected chi connectivity index (χ1v) is 9.14. The van der Waals surface area contributed by atoms with Gasteiger partial charge >= 0.3 is 0 Å². The summed E-state index contributed by atoms with van der Waals surface area (Å²) in [5.41, 5.74) is 0.244. The number of hydrogen-bond donors (Lipinski definition) is 2. The van der Waals surface area contributed by atoms with Crippen molar-refractivity contribution < 1.29 is 13.5 Å². The van der Waals surface area contributed by atoms with Gasteiger partial charge in [-0.15, -0.1) is 0 Å². The number of nitrogens with one attached hydrogen (secondary N) is 1. The minimum absolute atomic E-state index is 0.111. The Kier molecular flexibility index (Phi) is 5.57. The molecule has 0 saturated carbocycles. The second-order valence-electron chi connectivity index (χ2n) is 5.94. The summed E-state index contributed by atoms with van der Waals surface area (Å²) < 4.78 is 28.2. The topological polar surface area (TPSA) is 66.4 Å². The van der Waals surface area contributed by atoms with Gasteiger partial charge in [0.05, 0.1) is 17.5 Å². The maximum atomic E-state index is 12.7. The molecular weight excluding hydrogens is 310 g/mol. The summed E-state index contributed by atoms with van der Waals surface area (Å²) in [4.78, 5) is 0.220. The highest BCUT2D eigenvalue weighted by Gasteiger charge is 2.36. The van der Waals surface area contributed by atoms with Crippen LogP contribution in [0.2, 0.25) is 0 Å². The van der Waals surface area contributed by atoms with E-state index < -0.39 is 21.5 Å². The molecule has 2 N–H and O–H groups in total. The lowest BCUT2D eigenvalue weighted by atomic mass is 9.78. The number of benzene rings is 2. The van der Waals surface area contributed by atoms with Crippen LogP contribution in [0.5, 0.6) is 0 Å². The monoisotopic (exact) mass is 333 g/mol. The molecular formula is C18H23NO3S. The molecule has 0 aromatic heterocycles. The third-order valence-corrected chi connectivity index (χ3v) is 5.76. The number of rotatable bonds is 7. The van der Waals surface area contributed by atoms with E-state index in [-0.39, 0.29) is 11.5 Å². The van der Waals surface area contributed by atoms with Crippen LogP contribution in [0.1, 0.15) is 31.9 Å². The first kappa shape index (κ1) is 17.7. The zero-order valence-corrected chi connectivity index (χ0v) is 14.3. The molecule has 23 heavy (non-hydrogen) atoms. The van der Waals surface area contributed by atoms with Crippen LogP contribution in [-0.4, -0.2) is 20.1 Å². The van der Waals surface area contributed by atoms with Gasteiger partial charge in [-0.2, -0.15) is 0 Å². The number of aliphatic hydroxyl groups excluding tert-OH is 1. The second-order valence-corrected chi connectivity index (χ2v) is 7.66. The molecule has 0 unspecified atom stereocenters. The zero-order valence-electron chi connectivity index (χ0n) is 13.4. The van der Waals surface area contributed by atoms with Gasteiger partial charge in [0.2, 0.25) is 10.0 Å². The summed E-state index contributed by atoms with van der Waals surface area (Å²) in [5, 5.41) is 9.85. The normalized spacial score (nSPS) is 15.8. The smallest absolute Gasteiger partial charge is 0.241 e. The molecule has 0 bridgehead atoms. The van der Waals surface area contributed by atoms with Crippen LogP contribution in [0, 0.1) is 5.41 Å². The van der Waals surface area contributed by atoms with Crippen molar-refractivity contribution in [3.05, 3.63) is 66.2 Å². The fraction of sp³-hybridized carbons (Fsp3) is 0.333. The average molecular weight is 333 g/mol. The van der Waals surface area contributed by atoms with Gasteiger partial charge in [-0.05, 0) is 24.1 Å². The average Bonchev–Trinajstić information content (AvgIpc) is 2.60. The Balaban J connectivity index is 2.44. The predicted molar refractivity (Wildman–Crippen MR) is 91.4 cm³/mol. The van der Waals surface area contributed by atoms with Gasteiger partial charge in [0.25, 0.3) is 0 Å². The van der Waals surface area contributed by atoms with Crippen molar-refractivity contribution in [3.63, 3.8) is 0 Å². The van der Waals surface area contributed by atoms with Crippen LogP contribution in [0.3, 0.4) is 0 Å². The lowest BCUT2D eigenvalue weighted by Crippen LogP contribution is -2.41. The molecule has 0 aliphatic heterocycles. The van der Waals surface area contributed by atoms with Gasteiger partial charge in [0.1, 0.15) is 0 Å². The van der Waals surface area contributed by atoms with E-state index in [0.29, 0.717) is 6.42 Å². The molecule has 2 aromatic carbocycles. The lowest BCUT2D eigenvalue weighted by Gasteiger charge is -2.36. The van der Waals surface area contributed by atoms with E-state index in [1.54, 1.807) is 30.3 Å². The van der Waals surface area contributed by atoms with E-state index >= 15 is 0 Å². The summed E-state index contributed by atoms with van der Waals surface area (Å²) in [6.07, 6.45) is 0.639. The fourth-order valence-corrected chi connectivity index (χ4v) is 3.87. The number of aliphatic hydroxyl groups is 1. The Morgan fingerprint density at radius 1 is 1.04 bits per heavy atom. The standard InChI is InChI=1S/C18H23NO3S/c1-3-18(2,14-20)17(15-10-6-4-7-11-15)19-23(21,22)16-12-8-5-9-13-16/h4-13,17,19-20H,3,14H2,1-2H3/t17-,18+/m0/s1. The van der Waals surface area contributed by atoms with Crippen molar-refractivity contribution in [2.45, 2.75) is 31.2 Å². The van der Waals surface area contributed by atoms with E-state index in [1.807, 2.05) is 44.2 Å². The summed E-state index contributed by atoms with van der Waals surface area (Å²) in [6.45, 7) is 3.72. The van der Waals surface area contributed by atoms with Gasteiger partial charge in [-0.1, -0.05) is 62.4 Å². The fourth-order valence-electron chi connectivity index (χ4n) is 2.49. The van der Waals surface area contributed by atoms with E-state index in [0.717, 1.165) is 5.56 Å². The number of sulfonamides is 1. The van der Waals surface area contributed by atoms with Crippen LogP contribution >= 0.6 is 0 Å². The summed E-state index contributed by atoms with van der Waals surface area (Å²) in [5.74, 6) is 0. The van der Waals surface area contributed by atoms with E-state index in [2.05, 4.69) is 4.72 Å². The summed E-state index contributed by atoms with van der Waals surface area (Å²) in [7, 11) is -3.67. The van der Waals surface area contributed by atoms with Crippen LogP contribution in [0.15, 0.2) is 65.6 Å². The Bertz CT molecular complexity index is 710. The van der Waals surface area contributed by atoms with Gasteiger partial charge in [-0.3, -0.25) is 0 Å². The second kappa shape index (κ2) is 7.25. The molecule has 124 valence electrons. The largest absolute Gasteiger partial charge is 0.396 e. The van der Waals surface area contributed by atoms with Gasteiger partial charge in [0, 0.05) is 5.41 Å². The van der Waals surface area contributed by atoms with Crippen molar-refractivity contribution in [2.24, 2.45) is 5.41 Å². The summed E-state index contributed by atoms with van der Waals surface area (Å²) in [6, 6.07) is 17.1. The van der Waals surface area contributed by atoms with Crippen LogP contribution in [-0.2, 0) is 10.0 Å². The maximum absolute atomic E-state index is 12.7. The molecule has 4 nitrogen and oxygen atoms in total. The van der Waals surface area contributed by atoms with Crippen LogP contribution in [0.4, 0.5) is 0 Å². The molecule has 0 aliphatic carbocycles. The minimum Gasteiger partial charge on any atom is -0.396 e. The molecule has 5 heteroatoms. The van der Waals surface area contributed by atoms with Crippen molar-refractivity contribution >= 4 is 10.0 Å². The van der Waals surface area contributed by atoms with Gasteiger partial charge in [0.15, 0.2) is 0 Å². The van der Waals surface area contributed by atoms with Crippen molar-refractivity contribution in [2.75, 3.05) is 6.61 Å². The molecule has 2 rings (SSSR count). The van der Waals surface area contributed by atoms with E-state index in [4.69, 9.17) is 0 Å². The van der Waals surface area contributed by atoms with E-state index in [1.165, 1.54) is 0 Å². The quantitative estimate of drug-likeness (QED) is 0.818. The molecule has 2 atom stereocenters. The van der Waals surface area contributed by atoms with E-state index in [9.17, 15) is 13.5 Å². The minimum atomic E-state index is -3.67. The Morgan fingerprint density at radius 2 is 1.57 bits per heavy atom. The molecule has 0 aliphatic rings. The molecule has 0 fully saturated rings. The SMILES string of the molecule is CC[C@](C)(CO)[C@@H](NS(=O)(=O)c1ccccc1)c1ccccc1. The number of hydrogen-bond acceptors (Lipinski definition) is 3. The first-order valence-electron chi connectivity index (χ1n) is 7.66. The van der Waals surface area contributed by atoms with Crippen molar-refractivity contribution in [3.8, 4) is 0 Å². The highest BCUT2D eigenvalue weighted by Crippen LogP contribution is 2.37. The van der Waals surface area contributed by atoms with Gasteiger partial charge < -0.3 is 5.11 Å². The molecule has 0 amide bonds. The Hall–Kier alpha value is -1.69. The molecule has 2 aromatic rings. The maximum Gasteiger partial charge on any atom is 0.241 e. The van der Waals surface area contributed by atoms with Gasteiger partial charge in [-0.25, -0.2) is 13.1 Å². The molecule has 0 saturated heterocycles. The molecule has 0 radical (unpaired) electrons. The third kappa shape index (κ3) is 3.99. The van der Waals surface area contributed by atoms with Crippen molar-refractivity contribution in [1.29, 1.82) is 0 Å². The highest BCUT2D eigenvalue weighted by molar-refractivity contribution is 7.89. The molecule has 0 heterocycles.